The molecule has 0 aliphatic carbocycles. The van der Waals surface area contributed by atoms with Crippen molar-refractivity contribution in [2.24, 2.45) is 5.10 Å². The highest BCUT2D eigenvalue weighted by molar-refractivity contribution is 6.44. The maximum atomic E-state index is 12.3. The van der Waals surface area contributed by atoms with E-state index >= 15 is 0 Å². The van der Waals surface area contributed by atoms with Crippen molar-refractivity contribution < 1.29 is 23.9 Å². The molecule has 3 N–H and O–H groups in total. The number of ether oxygens (including phenoxy) is 2. The standard InChI is InChI=1S/C24H19Cl3N4O5/c1-35-17-8-6-16(7-9-17)29-23(33)24(34)31-28-12-14-11-15(25)5-10-20(14)36-13-21(32)30-19-4-2-3-18(26)22(19)27/h2-12H,13H2,1H3,(H,29,33)(H,30,32)(H,31,34)/b28-12-. The lowest BCUT2D eigenvalue weighted by Crippen LogP contribution is -2.32. The van der Waals surface area contributed by atoms with E-state index in [1.54, 1.807) is 48.5 Å². The number of carbonyl (C=O) groups excluding carboxylic acids is 3. The van der Waals surface area contributed by atoms with Gasteiger partial charge in [-0.25, -0.2) is 5.43 Å². The maximum absolute atomic E-state index is 12.3. The third kappa shape index (κ3) is 7.61. The highest BCUT2D eigenvalue weighted by Crippen LogP contribution is 2.29. The summed E-state index contributed by atoms with van der Waals surface area (Å²) in [7, 11) is 1.52. The molecule has 0 saturated carbocycles. The van der Waals surface area contributed by atoms with E-state index in [2.05, 4.69) is 21.2 Å². The van der Waals surface area contributed by atoms with Gasteiger partial charge in [-0.05, 0) is 54.6 Å². The molecule has 0 heterocycles. The fraction of sp³-hybridized carbons (Fsp3) is 0.0833. The Kier molecular flexibility index (Phi) is 9.52. The van der Waals surface area contributed by atoms with Crippen molar-refractivity contribution >= 4 is 70.1 Å². The van der Waals surface area contributed by atoms with Crippen LogP contribution in [0.5, 0.6) is 11.5 Å². The van der Waals surface area contributed by atoms with Gasteiger partial charge >= 0.3 is 11.8 Å². The molecule has 3 amide bonds. The fourth-order valence-corrected chi connectivity index (χ4v) is 3.28. The predicted molar refractivity (Wildman–Crippen MR) is 139 cm³/mol. The van der Waals surface area contributed by atoms with E-state index in [4.69, 9.17) is 44.3 Å². The Labute approximate surface area is 221 Å². The molecular weight excluding hydrogens is 531 g/mol. The number of nitrogens with one attached hydrogen (secondary N) is 3. The number of methoxy groups -OCH3 is 1. The minimum atomic E-state index is -0.996. The maximum Gasteiger partial charge on any atom is 0.329 e. The zero-order valence-electron chi connectivity index (χ0n) is 18.7. The zero-order valence-corrected chi connectivity index (χ0v) is 20.9. The van der Waals surface area contributed by atoms with Gasteiger partial charge in [-0.2, -0.15) is 5.10 Å². The first-order valence-electron chi connectivity index (χ1n) is 10.2. The van der Waals surface area contributed by atoms with Crippen LogP contribution in [-0.2, 0) is 14.4 Å². The molecule has 0 radical (unpaired) electrons. The summed E-state index contributed by atoms with van der Waals surface area (Å²) < 4.78 is 10.6. The van der Waals surface area contributed by atoms with Crippen LogP contribution in [0.15, 0.2) is 65.8 Å². The first kappa shape index (κ1) is 26.8. The largest absolute Gasteiger partial charge is 0.497 e. The molecule has 0 spiro atoms. The lowest BCUT2D eigenvalue weighted by Gasteiger charge is -2.11. The van der Waals surface area contributed by atoms with E-state index in [1.165, 1.54) is 25.5 Å². The summed E-state index contributed by atoms with van der Waals surface area (Å²) in [5, 5.41) is 9.68. The van der Waals surface area contributed by atoms with Crippen LogP contribution in [0.3, 0.4) is 0 Å². The third-order valence-electron chi connectivity index (χ3n) is 4.48. The van der Waals surface area contributed by atoms with E-state index < -0.39 is 17.7 Å². The van der Waals surface area contributed by atoms with Crippen LogP contribution in [0.4, 0.5) is 11.4 Å². The number of halogens is 3. The number of amides is 3. The van der Waals surface area contributed by atoms with Crippen LogP contribution < -0.4 is 25.5 Å². The molecule has 0 unspecified atom stereocenters. The van der Waals surface area contributed by atoms with E-state index in [1.807, 2.05) is 0 Å². The van der Waals surface area contributed by atoms with Gasteiger partial charge in [0.15, 0.2) is 6.61 Å². The van der Waals surface area contributed by atoms with Gasteiger partial charge in [0.1, 0.15) is 11.5 Å². The highest BCUT2D eigenvalue weighted by Gasteiger charge is 2.14. The molecule has 0 aromatic heterocycles. The zero-order chi connectivity index (χ0) is 26.1. The van der Waals surface area contributed by atoms with Crippen LogP contribution in [0.25, 0.3) is 0 Å². The second kappa shape index (κ2) is 12.8. The number of hydrazone groups is 1. The van der Waals surface area contributed by atoms with Gasteiger partial charge in [0.2, 0.25) is 0 Å². The molecule has 0 bridgehead atoms. The fourth-order valence-electron chi connectivity index (χ4n) is 2.76. The van der Waals surface area contributed by atoms with Crippen molar-refractivity contribution in [1.82, 2.24) is 5.43 Å². The molecule has 36 heavy (non-hydrogen) atoms. The first-order valence-corrected chi connectivity index (χ1v) is 11.3. The second-order valence-corrected chi connectivity index (χ2v) is 8.22. The number of anilines is 2. The summed E-state index contributed by atoms with van der Waals surface area (Å²) in [5.41, 5.74) is 3.22. The molecule has 0 aliphatic heterocycles. The number of rotatable bonds is 8. The first-order chi connectivity index (χ1) is 17.3. The second-order valence-electron chi connectivity index (χ2n) is 7.00. The van der Waals surface area contributed by atoms with Gasteiger partial charge in [-0.3, -0.25) is 14.4 Å². The van der Waals surface area contributed by atoms with Crippen molar-refractivity contribution in [2.45, 2.75) is 0 Å². The Balaban J connectivity index is 1.58. The van der Waals surface area contributed by atoms with Crippen molar-refractivity contribution in [2.75, 3.05) is 24.4 Å². The van der Waals surface area contributed by atoms with E-state index in [0.717, 1.165) is 0 Å². The molecular formula is C24H19Cl3N4O5. The topological polar surface area (TPSA) is 118 Å². The Morgan fingerprint density at radius 1 is 0.944 bits per heavy atom. The molecule has 9 nitrogen and oxygen atoms in total. The number of carbonyl (C=O) groups is 3. The van der Waals surface area contributed by atoms with Crippen LogP contribution in [-0.4, -0.2) is 37.7 Å². The van der Waals surface area contributed by atoms with E-state index in [9.17, 15) is 14.4 Å². The minimum absolute atomic E-state index is 0.207. The summed E-state index contributed by atoms with van der Waals surface area (Å²) in [6.07, 6.45) is 1.23. The molecule has 186 valence electrons. The number of hydrogen-bond acceptors (Lipinski definition) is 6. The minimum Gasteiger partial charge on any atom is -0.497 e. The summed E-state index contributed by atoms with van der Waals surface area (Å²) in [4.78, 5) is 36.4. The summed E-state index contributed by atoms with van der Waals surface area (Å²) in [5.74, 6) is -1.54. The number of hydrogen-bond donors (Lipinski definition) is 3. The Morgan fingerprint density at radius 3 is 2.42 bits per heavy atom. The van der Waals surface area contributed by atoms with Crippen LogP contribution >= 0.6 is 34.8 Å². The van der Waals surface area contributed by atoms with Crippen LogP contribution in [0.1, 0.15) is 5.56 Å². The molecule has 0 fully saturated rings. The number of benzene rings is 3. The molecule has 3 aromatic rings. The van der Waals surface area contributed by atoms with Crippen molar-refractivity contribution in [3.8, 4) is 11.5 Å². The molecule has 0 saturated heterocycles. The van der Waals surface area contributed by atoms with Crippen molar-refractivity contribution in [3.05, 3.63) is 81.3 Å². The monoisotopic (exact) mass is 548 g/mol. The SMILES string of the molecule is COc1ccc(NC(=O)C(=O)N/N=C\c2cc(Cl)ccc2OCC(=O)Nc2cccc(Cl)c2Cl)cc1. The van der Waals surface area contributed by atoms with Gasteiger partial charge in [0.05, 0.1) is 29.1 Å². The van der Waals surface area contributed by atoms with Gasteiger partial charge < -0.3 is 20.1 Å². The summed E-state index contributed by atoms with van der Waals surface area (Å²) in [6.45, 7) is -0.359. The summed E-state index contributed by atoms with van der Waals surface area (Å²) >= 11 is 18.1. The summed E-state index contributed by atoms with van der Waals surface area (Å²) in [6, 6.07) is 15.9. The van der Waals surface area contributed by atoms with Crippen LogP contribution in [0.2, 0.25) is 15.1 Å². The molecule has 3 aromatic carbocycles. The van der Waals surface area contributed by atoms with Gasteiger partial charge in [-0.1, -0.05) is 40.9 Å². The molecule has 0 aliphatic rings. The quantitative estimate of drug-likeness (QED) is 0.213. The highest BCUT2D eigenvalue weighted by atomic mass is 35.5. The van der Waals surface area contributed by atoms with Gasteiger partial charge in [0.25, 0.3) is 5.91 Å². The Morgan fingerprint density at radius 2 is 1.69 bits per heavy atom. The van der Waals surface area contributed by atoms with E-state index in [-0.39, 0.29) is 17.4 Å². The number of nitrogens with zero attached hydrogens (tertiary/aromatic N) is 1. The lowest BCUT2D eigenvalue weighted by molar-refractivity contribution is -0.136. The predicted octanol–water partition coefficient (Wildman–Crippen LogP) is 4.76. The molecule has 0 atom stereocenters. The average Bonchev–Trinajstić information content (AvgIpc) is 2.86. The molecule has 3 rings (SSSR count). The van der Waals surface area contributed by atoms with Crippen molar-refractivity contribution in [1.29, 1.82) is 0 Å². The molecule has 12 heteroatoms. The Hall–Kier alpha value is -3.79. The third-order valence-corrected chi connectivity index (χ3v) is 5.53. The Bertz CT molecular complexity index is 1300. The lowest BCUT2D eigenvalue weighted by atomic mass is 10.2. The smallest absolute Gasteiger partial charge is 0.329 e. The van der Waals surface area contributed by atoms with E-state index in [0.29, 0.717) is 32.7 Å². The normalized spacial score (nSPS) is 10.6. The van der Waals surface area contributed by atoms with Gasteiger partial charge in [0, 0.05) is 16.3 Å². The average molecular weight is 550 g/mol. The van der Waals surface area contributed by atoms with Crippen LogP contribution in [0, 0.1) is 0 Å². The van der Waals surface area contributed by atoms with Gasteiger partial charge in [-0.15, -0.1) is 0 Å². The van der Waals surface area contributed by atoms with Crippen molar-refractivity contribution in [3.63, 3.8) is 0 Å².